The normalized spacial score (nSPS) is 16.4. The average molecular weight is 276 g/mol. The molecule has 1 amide bonds. The predicted octanol–water partition coefficient (Wildman–Crippen LogP) is 2.88. The molecule has 1 saturated carbocycles. The Bertz CT molecular complexity index is 506. The molecule has 5 heteroatoms. The molecular formula is C15H20N2O3. The van der Waals surface area contributed by atoms with Gasteiger partial charge >= 0.3 is 5.97 Å². The molecule has 0 aliphatic heterocycles. The lowest BCUT2D eigenvalue weighted by molar-refractivity contribution is -0.120. The summed E-state index contributed by atoms with van der Waals surface area (Å²) in [6.45, 7) is 0. The molecule has 20 heavy (non-hydrogen) atoms. The molecule has 1 aliphatic rings. The van der Waals surface area contributed by atoms with Gasteiger partial charge in [-0.05, 0) is 31.0 Å². The minimum atomic E-state index is -1.07. The number of benzene rings is 1. The molecule has 2 rings (SSSR count). The summed E-state index contributed by atoms with van der Waals surface area (Å²) in [5.74, 6) is -1.19. The molecule has 0 radical (unpaired) electrons. The number of carbonyl (C=O) groups excluding carboxylic acids is 1. The van der Waals surface area contributed by atoms with Crippen LogP contribution in [0, 0.1) is 5.92 Å². The Hall–Kier alpha value is -2.04. The first-order chi connectivity index (χ1) is 9.58. The maximum Gasteiger partial charge on any atom is 0.337 e. The highest BCUT2D eigenvalue weighted by atomic mass is 16.4. The van der Waals surface area contributed by atoms with Gasteiger partial charge < -0.3 is 16.2 Å². The zero-order valence-electron chi connectivity index (χ0n) is 11.4. The van der Waals surface area contributed by atoms with Gasteiger partial charge in [-0.15, -0.1) is 0 Å². The van der Waals surface area contributed by atoms with Gasteiger partial charge in [-0.25, -0.2) is 4.79 Å². The van der Waals surface area contributed by atoms with E-state index in [9.17, 15) is 9.59 Å². The molecule has 1 fully saturated rings. The second kappa shape index (κ2) is 6.41. The SMILES string of the molecule is Nc1ccc(C(=O)O)c(NC(=O)C2CCCCCC2)c1. The van der Waals surface area contributed by atoms with Crippen LogP contribution in [-0.2, 0) is 4.79 Å². The van der Waals surface area contributed by atoms with Crippen LogP contribution >= 0.6 is 0 Å². The van der Waals surface area contributed by atoms with Crippen molar-refractivity contribution in [2.45, 2.75) is 38.5 Å². The van der Waals surface area contributed by atoms with Crippen molar-refractivity contribution in [3.05, 3.63) is 23.8 Å². The molecule has 0 saturated heterocycles. The fourth-order valence-corrected chi connectivity index (χ4v) is 2.63. The highest BCUT2D eigenvalue weighted by Crippen LogP contribution is 2.26. The molecule has 0 bridgehead atoms. The number of aromatic carboxylic acids is 1. The van der Waals surface area contributed by atoms with E-state index in [0.717, 1.165) is 25.7 Å². The van der Waals surface area contributed by atoms with Crippen LogP contribution in [0.25, 0.3) is 0 Å². The highest BCUT2D eigenvalue weighted by molar-refractivity contribution is 6.01. The summed E-state index contributed by atoms with van der Waals surface area (Å²) >= 11 is 0. The molecule has 1 aliphatic carbocycles. The molecule has 5 nitrogen and oxygen atoms in total. The lowest BCUT2D eigenvalue weighted by Gasteiger charge is -2.15. The van der Waals surface area contributed by atoms with Gasteiger partial charge in [-0.2, -0.15) is 0 Å². The second-order valence-electron chi connectivity index (χ2n) is 5.29. The third-order valence-electron chi connectivity index (χ3n) is 3.76. The smallest absolute Gasteiger partial charge is 0.337 e. The molecule has 108 valence electrons. The van der Waals surface area contributed by atoms with E-state index in [-0.39, 0.29) is 23.1 Å². The van der Waals surface area contributed by atoms with Crippen LogP contribution in [0.5, 0.6) is 0 Å². The molecule has 1 aromatic carbocycles. The summed E-state index contributed by atoms with van der Waals surface area (Å²) < 4.78 is 0. The number of nitrogens with two attached hydrogens (primary N) is 1. The van der Waals surface area contributed by atoms with Crippen molar-refractivity contribution >= 4 is 23.3 Å². The minimum Gasteiger partial charge on any atom is -0.478 e. The van der Waals surface area contributed by atoms with Gasteiger partial charge in [0.2, 0.25) is 5.91 Å². The van der Waals surface area contributed by atoms with Gasteiger partial charge in [0.15, 0.2) is 0 Å². The number of amides is 1. The first kappa shape index (κ1) is 14.4. The topological polar surface area (TPSA) is 92.4 Å². The predicted molar refractivity (Wildman–Crippen MR) is 77.6 cm³/mol. The third-order valence-corrected chi connectivity index (χ3v) is 3.76. The van der Waals surface area contributed by atoms with Gasteiger partial charge in [0, 0.05) is 11.6 Å². The lowest BCUT2D eigenvalue weighted by atomic mass is 9.99. The summed E-state index contributed by atoms with van der Waals surface area (Å²) in [6, 6.07) is 4.43. The van der Waals surface area contributed by atoms with Crippen LogP contribution in [0.4, 0.5) is 11.4 Å². The van der Waals surface area contributed by atoms with E-state index in [0.29, 0.717) is 5.69 Å². The summed E-state index contributed by atoms with van der Waals surface area (Å²) in [4.78, 5) is 23.4. The van der Waals surface area contributed by atoms with Crippen LogP contribution in [0.15, 0.2) is 18.2 Å². The summed E-state index contributed by atoms with van der Waals surface area (Å²) in [5, 5.41) is 11.9. The molecule has 0 atom stereocenters. The Morgan fingerprint density at radius 2 is 1.80 bits per heavy atom. The van der Waals surface area contributed by atoms with E-state index < -0.39 is 5.97 Å². The average Bonchev–Trinajstić information content (AvgIpc) is 2.67. The van der Waals surface area contributed by atoms with Gasteiger partial charge in [-0.3, -0.25) is 4.79 Å². The maximum absolute atomic E-state index is 12.3. The molecule has 0 spiro atoms. The number of hydrogen-bond acceptors (Lipinski definition) is 3. The standard InChI is InChI=1S/C15H20N2O3/c16-11-7-8-12(15(19)20)13(9-11)17-14(18)10-5-3-1-2-4-6-10/h7-10H,1-6,16H2,(H,17,18)(H,19,20). The van der Waals surface area contributed by atoms with E-state index >= 15 is 0 Å². The quantitative estimate of drug-likeness (QED) is 0.584. The van der Waals surface area contributed by atoms with E-state index in [1.807, 2.05) is 0 Å². The molecule has 1 aromatic rings. The Labute approximate surface area is 118 Å². The third kappa shape index (κ3) is 3.50. The number of carboxylic acid groups (broad SMARTS) is 1. The number of carbonyl (C=O) groups is 2. The fraction of sp³-hybridized carbons (Fsp3) is 0.467. The first-order valence-corrected chi connectivity index (χ1v) is 7.01. The molecular weight excluding hydrogens is 256 g/mol. The van der Waals surface area contributed by atoms with E-state index in [1.165, 1.54) is 31.0 Å². The number of rotatable bonds is 3. The van der Waals surface area contributed by atoms with Crippen molar-refractivity contribution in [3.63, 3.8) is 0 Å². The van der Waals surface area contributed by atoms with Crippen LogP contribution < -0.4 is 11.1 Å². The largest absolute Gasteiger partial charge is 0.478 e. The Morgan fingerprint density at radius 3 is 2.40 bits per heavy atom. The van der Waals surface area contributed by atoms with Gasteiger partial charge in [-0.1, -0.05) is 25.7 Å². The zero-order chi connectivity index (χ0) is 14.5. The van der Waals surface area contributed by atoms with Crippen molar-refractivity contribution in [2.75, 3.05) is 11.1 Å². The lowest BCUT2D eigenvalue weighted by Crippen LogP contribution is -2.23. The van der Waals surface area contributed by atoms with Gasteiger partial charge in [0.1, 0.15) is 0 Å². The number of nitrogen functional groups attached to an aromatic ring is 1. The summed E-state index contributed by atoms with van der Waals surface area (Å²) in [6.07, 6.45) is 6.19. The van der Waals surface area contributed by atoms with E-state index in [1.54, 1.807) is 0 Å². The number of carboxylic acids is 1. The van der Waals surface area contributed by atoms with Crippen LogP contribution in [0.2, 0.25) is 0 Å². The van der Waals surface area contributed by atoms with Gasteiger partial charge in [0.05, 0.1) is 11.3 Å². The maximum atomic E-state index is 12.3. The minimum absolute atomic E-state index is 0.0272. The van der Waals surface area contributed by atoms with E-state index in [2.05, 4.69) is 5.32 Å². The van der Waals surface area contributed by atoms with Crippen LogP contribution in [-0.4, -0.2) is 17.0 Å². The van der Waals surface area contributed by atoms with Gasteiger partial charge in [0.25, 0.3) is 0 Å². The Morgan fingerprint density at radius 1 is 1.15 bits per heavy atom. The zero-order valence-corrected chi connectivity index (χ0v) is 11.4. The summed E-state index contributed by atoms with van der Waals surface area (Å²) in [5.41, 5.74) is 6.45. The molecule has 4 N–H and O–H groups in total. The monoisotopic (exact) mass is 276 g/mol. The van der Waals surface area contributed by atoms with Crippen molar-refractivity contribution in [1.82, 2.24) is 0 Å². The molecule has 0 unspecified atom stereocenters. The number of nitrogens with one attached hydrogen (secondary N) is 1. The fourth-order valence-electron chi connectivity index (χ4n) is 2.63. The van der Waals surface area contributed by atoms with Crippen molar-refractivity contribution in [2.24, 2.45) is 5.92 Å². The van der Waals surface area contributed by atoms with Crippen molar-refractivity contribution in [1.29, 1.82) is 0 Å². The number of hydrogen-bond donors (Lipinski definition) is 3. The number of anilines is 2. The molecule has 0 heterocycles. The Kier molecular flexibility index (Phi) is 4.61. The highest BCUT2D eigenvalue weighted by Gasteiger charge is 2.21. The Balaban J connectivity index is 2.14. The second-order valence-corrected chi connectivity index (χ2v) is 5.29. The van der Waals surface area contributed by atoms with Crippen molar-refractivity contribution < 1.29 is 14.7 Å². The van der Waals surface area contributed by atoms with E-state index in [4.69, 9.17) is 10.8 Å². The van der Waals surface area contributed by atoms with Crippen molar-refractivity contribution in [3.8, 4) is 0 Å². The van der Waals surface area contributed by atoms with Crippen LogP contribution in [0.3, 0.4) is 0 Å². The molecule has 0 aromatic heterocycles. The summed E-state index contributed by atoms with van der Waals surface area (Å²) in [7, 11) is 0. The van der Waals surface area contributed by atoms with Crippen LogP contribution in [0.1, 0.15) is 48.9 Å². The first-order valence-electron chi connectivity index (χ1n) is 7.01.